The first kappa shape index (κ1) is 27.1. The van der Waals surface area contributed by atoms with Crippen molar-refractivity contribution in [1.29, 1.82) is 0 Å². The van der Waals surface area contributed by atoms with Gasteiger partial charge in [-0.3, -0.25) is 10.1 Å². The van der Waals surface area contributed by atoms with Crippen LogP contribution in [-0.4, -0.2) is 27.5 Å². The van der Waals surface area contributed by atoms with E-state index in [1.165, 1.54) is 12.1 Å². The average molecular weight is 677 g/mol. The topological polar surface area (TPSA) is 63.5 Å². The summed E-state index contributed by atoms with van der Waals surface area (Å²) in [5, 5.41) is 15.1. The third-order valence-corrected chi connectivity index (χ3v) is 7.30. The van der Waals surface area contributed by atoms with Crippen LogP contribution >= 0.6 is 44.1 Å². The SMILES string of the molecule is Cn1nc2c(ccc3cc(/C=N/NC(=S)Nc4c(Br)cccc4Br)ccc32)c1-c1ccc(OC(F)(F)F)cc1. The summed E-state index contributed by atoms with van der Waals surface area (Å²) in [5.41, 5.74) is 6.77. The number of nitrogens with zero attached hydrogens (tertiary/aromatic N) is 3. The molecule has 0 atom stereocenters. The Balaban J connectivity index is 1.36. The van der Waals surface area contributed by atoms with Crippen molar-refractivity contribution in [1.82, 2.24) is 15.2 Å². The van der Waals surface area contributed by atoms with Gasteiger partial charge in [0, 0.05) is 32.3 Å². The van der Waals surface area contributed by atoms with E-state index >= 15 is 0 Å². The molecule has 0 unspecified atom stereocenters. The zero-order valence-electron chi connectivity index (χ0n) is 20.1. The van der Waals surface area contributed by atoms with Gasteiger partial charge in [0.25, 0.3) is 0 Å². The van der Waals surface area contributed by atoms with Crippen LogP contribution in [0.3, 0.4) is 0 Å². The van der Waals surface area contributed by atoms with Crippen LogP contribution in [0.4, 0.5) is 18.9 Å². The molecule has 39 heavy (non-hydrogen) atoms. The minimum Gasteiger partial charge on any atom is -0.406 e. The zero-order valence-corrected chi connectivity index (χ0v) is 24.0. The van der Waals surface area contributed by atoms with Crippen LogP contribution in [0.15, 0.2) is 86.8 Å². The summed E-state index contributed by atoms with van der Waals surface area (Å²) in [6.45, 7) is 0. The van der Waals surface area contributed by atoms with Crippen LogP contribution < -0.4 is 15.5 Å². The van der Waals surface area contributed by atoms with E-state index in [0.717, 1.165) is 53.1 Å². The van der Waals surface area contributed by atoms with Crippen LogP contribution in [0.25, 0.3) is 32.9 Å². The van der Waals surface area contributed by atoms with Gasteiger partial charge in [-0.05, 0) is 104 Å². The van der Waals surface area contributed by atoms with Crippen LogP contribution in [-0.2, 0) is 7.05 Å². The lowest BCUT2D eigenvalue weighted by Crippen LogP contribution is -2.24. The first-order valence-electron chi connectivity index (χ1n) is 11.4. The van der Waals surface area contributed by atoms with Gasteiger partial charge in [-0.25, -0.2) is 0 Å². The summed E-state index contributed by atoms with van der Waals surface area (Å²) in [6, 6.07) is 21.3. The number of hydrogen-bond acceptors (Lipinski definition) is 4. The number of hydrazone groups is 1. The smallest absolute Gasteiger partial charge is 0.406 e. The third kappa shape index (κ3) is 6.07. The number of aromatic nitrogens is 2. The maximum absolute atomic E-state index is 12.5. The lowest BCUT2D eigenvalue weighted by molar-refractivity contribution is -0.274. The van der Waals surface area contributed by atoms with Gasteiger partial charge in [-0.2, -0.15) is 10.2 Å². The first-order valence-corrected chi connectivity index (χ1v) is 13.4. The van der Waals surface area contributed by atoms with Crippen molar-refractivity contribution in [2.24, 2.45) is 12.1 Å². The van der Waals surface area contributed by atoms with E-state index in [2.05, 4.69) is 52.4 Å². The summed E-state index contributed by atoms with van der Waals surface area (Å²) in [7, 11) is 1.80. The second-order valence-electron chi connectivity index (χ2n) is 8.41. The third-order valence-electron chi connectivity index (χ3n) is 5.79. The largest absolute Gasteiger partial charge is 0.573 e. The van der Waals surface area contributed by atoms with Gasteiger partial charge in [-0.15, -0.1) is 13.2 Å². The van der Waals surface area contributed by atoms with E-state index in [1.54, 1.807) is 30.1 Å². The molecule has 0 radical (unpaired) electrons. The Morgan fingerprint density at radius 2 is 1.69 bits per heavy atom. The Morgan fingerprint density at radius 3 is 2.38 bits per heavy atom. The predicted molar refractivity (Wildman–Crippen MR) is 159 cm³/mol. The Kier molecular flexibility index (Phi) is 7.61. The number of rotatable bonds is 5. The molecule has 5 rings (SSSR count). The minimum atomic E-state index is -4.74. The predicted octanol–water partition coefficient (Wildman–Crippen LogP) is 8.14. The Hall–Kier alpha value is -3.48. The molecular formula is C27H18Br2F3N5OS. The molecule has 1 heterocycles. The highest BCUT2D eigenvalue weighted by atomic mass is 79.9. The molecule has 0 bridgehead atoms. The van der Waals surface area contributed by atoms with Crippen LogP contribution in [0, 0.1) is 0 Å². The van der Waals surface area contributed by atoms with Crippen molar-refractivity contribution >= 4 is 82.8 Å². The quantitative estimate of drug-likeness (QED) is 0.112. The van der Waals surface area contributed by atoms with Gasteiger partial charge in [0.1, 0.15) is 11.3 Å². The van der Waals surface area contributed by atoms with E-state index in [-0.39, 0.29) is 5.75 Å². The van der Waals surface area contributed by atoms with Crippen molar-refractivity contribution in [2.45, 2.75) is 6.36 Å². The summed E-state index contributed by atoms with van der Waals surface area (Å²) >= 11 is 12.3. The average Bonchev–Trinajstić information content (AvgIpc) is 3.22. The Labute approximate surface area is 243 Å². The number of ether oxygens (including phenoxy) is 1. The van der Waals surface area contributed by atoms with Crippen molar-refractivity contribution < 1.29 is 17.9 Å². The number of halogens is 5. The number of benzene rings is 4. The molecule has 0 fully saturated rings. The molecule has 4 aromatic carbocycles. The molecule has 0 aliphatic rings. The van der Waals surface area contributed by atoms with E-state index in [9.17, 15) is 13.2 Å². The summed E-state index contributed by atoms with van der Waals surface area (Å²) in [4.78, 5) is 0. The second-order valence-corrected chi connectivity index (χ2v) is 10.5. The van der Waals surface area contributed by atoms with Crippen molar-refractivity contribution in [2.75, 3.05) is 5.32 Å². The fraction of sp³-hybridized carbons (Fsp3) is 0.0741. The van der Waals surface area contributed by atoms with Crippen LogP contribution in [0.2, 0.25) is 0 Å². The van der Waals surface area contributed by atoms with Gasteiger partial charge in [0.2, 0.25) is 0 Å². The number of alkyl halides is 3. The molecule has 6 nitrogen and oxygen atoms in total. The number of fused-ring (bicyclic) bond motifs is 3. The first-order chi connectivity index (χ1) is 18.6. The summed E-state index contributed by atoms with van der Waals surface area (Å²) in [5.74, 6) is -0.274. The van der Waals surface area contributed by atoms with Gasteiger partial charge in [0.15, 0.2) is 5.11 Å². The van der Waals surface area contributed by atoms with E-state index in [4.69, 9.17) is 17.3 Å². The molecule has 0 saturated heterocycles. The monoisotopic (exact) mass is 675 g/mol. The lowest BCUT2D eigenvalue weighted by Gasteiger charge is -2.10. The van der Waals surface area contributed by atoms with Crippen LogP contribution in [0.5, 0.6) is 5.75 Å². The van der Waals surface area contributed by atoms with Gasteiger partial charge < -0.3 is 10.1 Å². The number of nitrogens with one attached hydrogen (secondary N) is 2. The molecule has 5 aromatic rings. The van der Waals surface area contributed by atoms with Gasteiger partial charge >= 0.3 is 6.36 Å². The fourth-order valence-corrected chi connectivity index (χ4v) is 5.52. The highest BCUT2D eigenvalue weighted by molar-refractivity contribution is 9.11. The molecule has 1 aromatic heterocycles. The number of anilines is 1. The van der Waals surface area contributed by atoms with Gasteiger partial charge in [-0.1, -0.05) is 24.3 Å². The Morgan fingerprint density at radius 1 is 1.00 bits per heavy atom. The molecular weight excluding hydrogens is 659 g/mol. The molecule has 12 heteroatoms. The fourth-order valence-electron chi connectivity index (χ4n) is 4.17. The number of aryl methyl sites for hydroxylation is 1. The van der Waals surface area contributed by atoms with E-state index in [1.807, 2.05) is 48.5 Å². The maximum Gasteiger partial charge on any atom is 0.573 e. The molecule has 0 amide bonds. The van der Waals surface area contributed by atoms with E-state index in [0.29, 0.717) is 5.11 Å². The summed E-state index contributed by atoms with van der Waals surface area (Å²) in [6.07, 6.45) is -3.07. The Bertz CT molecular complexity index is 1720. The number of hydrogen-bond donors (Lipinski definition) is 2. The molecule has 0 aliphatic carbocycles. The standard InChI is InChI=1S/C27H18Br2F3N5OS/c1-37-25(16-6-9-18(10-7-16)38-27(30,31)32)20-12-8-17-13-15(5-11-19(17)23(20)36-37)14-33-35-26(39)34-24-21(28)3-2-4-22(24)29/h2-14H,1H3,(H2,34,35,39)/b33-14+. The number of thiocarbonyl (C=S) groups is 1. The molecule has 0 aliphatic heterocycles. The maximum atomic E-state index is 12.5. The van der Waals surface area contributed by atoms with Crippen molar-refractivity contribution in [3.05, 3.63) is 87.3 Å². The lowest BCUT2D eigenvalue weighted by atomic mass is 10.0. The van der Waals surface area contributed by atoms with Crippen molar-refractivity contribution in [3.63, 3.8) is 0 Å². The van der Waals surface area contributed by atoms with Crippen molar-refractivity contribution in [3.8, 4) is 17.0 Å². The molecule has 198 valence electrons. The van der Waals surface area contributed by atoms with Gasteiger partial charge in [0.05, 0.1) is 17.6 Å². The van der Waals surface area contributed by atoms with Crippen LogP contribution in [0.1, 0.15) is 5.56 Å². The normalized spacial score (nSPS) is 11.8. The number of para-hydroxylation sites is 1. The minimum absolute atomic E-state index is 0.274. The van der Waals surface area contributed by atoms with E-state index < -0.39 is 6.36 Å². The highest BCUT2D eigenvalue weighted by Gasteiger charge is 2.31. The molecule has 2 N–H and O–H groups in total. The zero-order chi connectivity index (χ0) is 27.7. The molecule has 0 spiro atoms. The molecule has 0 saturated carbocycles. The summed E-state index contributed by atoms with van der Waals surface area (Å²) < 4.78 is 45.0. The second kappa shape index (κ2) is 10.9. The highest BCUT2D eigenvalue weighted by Crippen LogP contribution is 2.34.